The average Bonchev–Trinajstić information content (AvgIpc) is 3.57. The van der Waals surface area contributed by atoms with Gasteiger partial charge in [-0.1, -0.05) is 12.1 Å². The van der Waals surface area contributed by atoms with Crippen molar-refractivity contribution in [3.05, 3.63) is 71.0 Å². The van der Waals surface area contributed by atoms with Crippen LogP contribution in [0.25, 0.3) is 5.69 Å². The van der Waals surface area contributed by atoms with Crippen molar-refractivity contribution in [3.63, 3.8) is 0 Å². The number of rotatable bonds is 7. The second-order valence-corrected chi connectivity index (χ2v) is 9.62. The number of aromatic nitrogens is 2. The highest BCUT2D eigenvalue weighted by Crippen LogP contribution is 2.46. The number of anilines is 1. The number of benzene rings is 2. The molecule has 8 nitrogen and oxygen atoms in total. The summed E-state index contributed by atoms with van der Waals surface area (Å²) < 4.78 is 47.7. The number of carbonyl (C=O) groups excluding carboxylic acids is 2. The van der Waals surface area contributed by atoms with Crippen LogP contribution >= 0.6 is 0 Å². The first-order chi connectivity index (χ1) is 18.1. The van der Waals surface area contributed by atoms with Crippen LogP contribution in [0.1, 0.15) is 47.1 Å². The fraction of sp³-hybridized carbons (Fsp3) is 0.370. The molecule has 2 aromatic carbocycles. The van der Waals surface area contributed by atoms with Crippen LogP contribution in [0.2, 0.25) is 0 Å². The summed E-state index contributed by atoms with van der Waals surface area (Å²) in [4.78, 5) is 27.5. The van der Waals surface area contributed by atoms with Crippen molar-refractivity contribution >= 4 is 17.5 Å². The molecule has 2 N–H and O–H groups in total. The Morgan fingerprint density at radius 3 is 2.26 bits per heavy atom. The fourth-order valence-corrected chi connectivity index (χ4v) is 4.79. The van der Waals surface area contributed by atoms with Gasteiger partial charge in [0.15, 0.2) is 5.69 Å². The van der Waals surface area contributed by atoms with Crippen LogP contribution < -0.4 is 20.3 Å². The molecule has 0 saturated heterocycles. The highest BCUT2D eigenvalue weighted by Gasteiger charge is 2.46. The largest absolute Gasteiger partial charge is 0.497 e. The standard InChI is InChI=1S/C27H28F3N5O3/c1-16(31-2)24(36)32-26(13-14-26)17-4-6-18(7-5-17)34-15-12-21-22(25(34)37)35(33-23(21)27(28,29)30)19-8-10-20(38-3)11-9-19/h4-11,16,31H,12-15H2,1-3H3,(H,32,36). The minimum Gasteiger partial charge on any atom is -0.497 e. The Balaban J connectivity index is 1.45. The number of amides is 2. The predicted molar refractivity (Wildman–Crippen MR) is 135 cm³/mol. The SMILES string of the molecule is CNC(C)C(=O)NC1(c2ccc(N3CCc4c(C(F)(F)F)nn(-c5ccc(OC)cc5)c4C3=O)cc2)CC1. The molecule has 1 aliphatic heterocycles. The highest BCUT2D eigenvalue weighted by molar-refractivity contribution is 6.07. The van der Waals surface area contributed by atoms with Crippen molar-refractivity contribution in [3.8, 4) is 11.4 Å². The van der Waals surface area contributed by atoms with Gasteiger partial charge in [-0.25, -0.2) is 4.68 Å². The Bertz CT molecular complexity index is 1360. The van der Waals surface area contributed by atoms with Gasteiger partial charge in [-0.15, -0.1) is 0 Å². The first-order valence-corrected chi connectivity index (χ1v) is 12.3. The van der Waals surface area contributed by atoms with Gasteiger partial charge in [0.2, 0.25) is 5.91 Å². The molecule has 0 radical (unpaired) electrons. The molecule has 1 aromatic heterocycles. The topological polar surface area (TPSA) is 88.5 Å². The lowest BCUT2D eigenvalue weighted by Gasteiger charge is -2.28. The number of hydrogen-bond acceptors (Lipinski definition) is 5. The summed E-state index contributed by atoms with van der Waals surface area (Å²) in [7, 11) is 3.21. The molecular weight excluding hydrogens is 499 g/mol. The van der Waals surface area contributed by atoms with Crippen molar-refractivity contribution in [2.24, 2.45) is 0 Å². The molecule has 0 bridgehead atoms. The number of likely N-dealkylation sites (N-methyl/N-ethyl adjacent to an activating group) is 1. The van der Waals surface area contributed by atoms with Gasteiger partial charge in [0.25, 0.3) is 5.91 Å². The molecule has 38 heavy (non-hydrogen) atoms. The molecule has 3 aromatic rings. The van der Waals surface area contributed by atoms with Gasteiger partial charge in [-0.2, -0.15) is 18.3 Å². The number of fused-ring (bicyclic) bond motifs is 1. The summed E-state index contributed by atoms with van der Waals surface area (Å²) in [6, 6.07) is 13.2. The minimum absolute atomic E-state index is 0.00965. The number of hydrogen-bond donors (Lipinski definition) is 2. The van der Waals surface area contributed by atoms with E-state index in [0.717, 1.165) is 23.1 Å². The summed E-state index contributed by atoms with van der Waals surface area (Å²) in [5, 5.41) is 9.85. The minimum atomic E-state index is -4.69. The summed E-state index contributed by atoms with van der Waals surface area (Å²) >= 11 is 0. The Labute approximate surface area is 217 Å². The summed E-state index contributed by atoms with van der Waals surface area (Å²) in [5.74, 6) is -0.126. The number of ether oxygens (including phenoxy) is 1. The van der Waals surface area contributed by atoms with Crippen LogP contribution in [0.4, 0.5) is 18.9 Å². The predicted octanol–water partition coefficient (Wildman–Crippen LogP) is 3.82. The number of carbonyl (C=O) groups is 2. The fourth-order valence-electron chi connectivity index (χ4n) is 4.79. The molecule has 1 unspecified atom stereocenters. The van der Waals surface area contributed by atoms with Crippen molar-refractivity contribution in [2.75, 3.05) is 25.6 Å². The number of halogens is 3. The molecule has 1 atom stereocenters. The van der Waals surface area contributed by atoms with Crippen molar-refractivity contribution in [1.29, 1.82) is 0 Å². The van der Waals surface area contributed by atoms with Crippen molar-refractivity contribution < 1.29 is 27.5 Å². The maximum absolute atomic E-state index is 13.8. The maximum atomic E-state index is 13.8. The Hall–Kier alpha value is -3.86. The van der Waals surface area contributed by atoms with Crippen LogP contribution in [-0.2, 0) is 22.9 Å². The molecule has 2 amide bonds. The van der Waals surface area contributed by atoms with Crippen LogP contribution in [-0.4, -0.2) is 48.3 Å². The molecule has 2 heterocycles. The van der Waals surface area contributed by atoms with Gasteiger partial charge in [0.1, 0.15) is 11.4 Å². The molecule has 0 spiro atoms. The Morgan fingerprint density at radius 1 is 1.08 bits per heavy atom. The molecule has 1 aliphatic carbocycles. The third-order valence-corrected chi connectivity index (χ3v) is 7.27. The number of nitrogens with one attached hydrogen (secondary N) is 2. The van der Waals surface area contributed by atoms with E-state index >= 15 is 0 Å². The Morgan fingerprint density at radius 2 is 1.71 bits per heavy atom. The quantitative estimate of drug-likeness (QED) is 0.488. The van der Waals surface area contributed by atoms with Gasteiger partial charge in [-0.05, 0) is 75.2 Å². The van der Waals surface area contributed by atoms with E-state index < -0.39 is 23.3 Å². The molecular formula is C27H28F3N5O3. The van der Waals surface area contributed by atoms with Gasteiger partial charge in [0, 0.05) is 17.8 Å². The molecule has 5 rings (SSSR count). The smallest absolute Gasteiger partial charge is 0.435 e. The van der Waals surface area contributed by atoms with E-state index in [9.17, 15) is 22.8 Å². The van der Waals surface area contributed by atoms with Crippen LogP contribution in [0, 0.1) is 0 Å². The summed E-state index contributed by atoms with van der Waals surface area (Å²) in [5.41, 5.74) is 0.110. The second-order valence-electron chi connectivity index (χ2n) is 9.62. The maximum Gasteiger partial charge on any atom is 0.435 e. The zero-order chi connectivity index (χ0) is 27.2. The van der Waals surface area contributed by atoms with Gasteiger partial charge >= 0.3 is 6.18 Å². The zero-order valence-electron chi connectivity index (χ0n) is 21.2. The monoisotopic (exact) mass is 527 g/mol. The van der Waals surface area contributed by atoms with E-state index in [1.165, 1.54) is 12.0 Å². The Kier molecular flexibility index (Phi) is 6.42. The first kappa shape index (κ1) is 25.8. The lowest BCUT2D eigenvalue weighted by molar-refractivity contribution is -0.142. The lowest BCUT2D eigenvalue weighted by atomic mass is 10.0. The molecule has 200 valence electrons. The molecule has 1 saturated carbocycles. The van der Waals surface area contributed by atoms with E-state index in [-0.39, 0.29) is 36.2 Å². The first-order valence-electron chi connectivity index (χ1n) is 12.3. The van der Waals surface area contributed by atoms with Crippen LogP contribution in [0.5, 0.6) is 5.75 Å². The lowest BCUT2D eigenvalue weighted by Crippen LogP contribution is -2.45. The molecule has 1 fully saturated rings. The van der Waals surface area contributed by atoms with Crippen LogP contribution in [0.3, 0.4) is 0 Å². The van der Waals surface area contributed by atoms with E-state index in [1.54, 1.807) is 50.4 Å². The molecule has 11 heteroatoms. The number of alkyl halides is 3. The van der Waals surface area contributed by atoms with E-state index in [2.05, 4.69) is 15.7 Å². The molecule has 2 aliphatic rings. The number of methoxy groups -OCH3 is 1. The van der Waals surface area contributed by atoms with E-state index in [4.69, 9.17) is 4.74 Å². The van der Waals surface area contributed by atoms with Crippen molar-refractivity contribution in [2.45, 2.75) is 43.9 Å². The van der Waals surface area contributed by atoms with Gasteiger partial charge < -0.3 is 20.3 Å². The third kappa shape index (κ3) is 4.51. The van der Waals surface area contributed by atoms with E-state index in [1.807, 2.05) is 12.1 Å². The highest BCUT2D eigenvalue weighted by atomic mass is 19.4. The van der Waals surface area contributed by atoms with E-state index in [0.29, 0.717) is 17.1 Å². The van der Waals surface area contributed by atoms with Gasteiger partial charge in [0.05, 0.1) is 24.4 Å². The summed E-state index contributed by atoms with van der Waals surface area (Å²) in [6.07, 6.45) is -3.07. The second kappa shape index (κ2) is 9.46. The summed E-state index contributed by atoms with van der Waals surface area (Å²) in [6.45, 7) is 1.87. The third-order valence-electron chi connectivity index (χ3n) is 7.27. The van der Waals surface area contributed by atoms with Crippen molar-refractivity contribution in [1.82, 2.24) is 20.4 Å². The average molecular weight is 528 g/mol. The van der Waals surface area contributed by atoms with Crippen LogP contribution in [0.15, 0.2) is 48.5 Å². The normalized spacial score (nSPS) is 17.1. The zero-order valence-corrected chi connectivity index (χ0v) is 21.2. The van der Waals surface area contributed by atoms with Gasteiger partial charge in [-0.3, -0.25) is 9.59 Å². The number of nitrogens with zero attached hydrogens (tertiary/aromatic N) is 3.